The van der Waals surface area contributed by atoms with E-state index in [2.05, 4.69) is 20.8 Å². The van der Waals surface area contributed by atoms with Crippen LogP contribution in [0.25, 0.3) is 0 Å². The minimum atomic E-state index is -3.72. The normalized spacial score (nSPS) is 16.8. The molecule has 1 fully saturated rings. The standard InChI is InChI=1S/C13H19BrFN3O2S/c1-17(6-7-18-4-2-3-5-18)21(19,20)13-8-10(14)11(15)9-12(13)16/h8-9H,2-7,16H2,1H3. The molecule has 0 aliphatic carbocycles. The molecule has 1 aliphatic rings. The highest BCUT2D eigenvalue weighted by Gasteiger charge is 2.25. The molecule has 0 atom stereocenters. The van der Waals surface area contributed by atoms with E-state index >= 15 is 0 Å². The molecule has 0 spiro atoms. The van der Waals surface area contributed by atoms with Gasteiger partial charge in [-0.05, 0) is 54.0 Å². The largest absolute Gasteiger partial charge is 0.398 e. The number of likely N-dealkylation sites (tertiary alicyclic amines) is 1. The second kappa shape index (κ2) is 6.60. The van der Waals surface area contributed by atoms with Crippen molar-refractivity contribution in [3.05, 3.63) is 22.4 Å². The Labute approximate surface area is 133 Å². The number of halogens is 2. The summed E-state index contributed by atoms with van der Waals surface area (Å²) in [7, 11) is -2.20. The fourth-order valence-electron chi connectivity index (χ4n) is 2.34. The van der Waals surface area contributed by atoms with Crippen LogP contribution >= 0.6 is 15.9 Å². The van der Waals surface area contributed by atoms with Gasteiger partial charge in [-0.1, -0.05) is 0 Å². The summed E-state index contributed by atoms with van der Waals surface area (Å²) in [5.74, 6) is -0.578. The lowest BCUT2D eigenvalue weighted by molar-refractivity contribution is 0.310. The molecule has 1 heterocycles. The van der Waals surface area contributed by atoms with Crippen LogP contribution in [0.15, 0.2) is 21.5 Å². The van der Waals surface area contributed by atoms with Crippen LogP contribution in [0.3, 0.4) is 0 Å². The number of benzene rings is 1. The lowest BCUT2D eigenvalue weighted by atomic mass is 10.3. The van der Waals surface area contributed by atoms with E-state index in [1.165, 1.54) is 17.4 Å². The molecule has 0 aromatic heterocycles. The summed E-state index contributed by atoms with van der Waals surface area (Å²) in [6.07, 6.45) is 2.32. The van der Waals surface area contributed by atoms with E-state index in [9.17, 15) is 12.8 Å². The highest BCUT2D eigenvalue weighted by molar-refractivity contribution is 9.10. The Kier molecular flexibility index (Phi) is 5.24. The molecule has 0 saturated carbocycles. The number of sulfonamides is 1. The van der Waals surface area contributed by atoms with E-state index in [4.69, 9.17) is 5.73 Å². The van der Waals surface area contributed by atoms with Crippen LogP contribution in [0.1, 0.15) is 12.8 Å². The third-order valence-corrected chi connectivity index (χ3v) is 6.19. The number of hydrogen-bond donors (Lipinski definition) is 1. The monoisotopic (exact) mass is 379 g/mol. The van der Waals surface area contributed by atoms with E-state index in [1.807, 2.05) is 0 Å². The number of likely N-dealkylation sites (N-methyl/N-ethyl adjacent to an activating group) is 1. The Morgan fingerprint density at radius 2 is 2.00 bits per heavy atom. The number of nitrogens with two attached hydrogens (primary N) is 1. The van der Waals surface area contributed by atoms with Crippen molar-refractivity contribution in [1.29, 1.82) is 0 Å². The Hall–Kier alpha value is -0.700. The zero-order valence-corrected chi connectivity index (χ0v) is 14.3. The first-order valence-electron chi connectivity index (χ1n) is 6.75. The van der Waals surface area contributed by atoms with Gasteiger partial charge in [-0.15, -0.1) is 0 Å². The van der Waals surface area contributed by atoms with Gasteiger partial charge in [0.2, 0.25) is 10.0 Å². The smallest absolute Gasteiger partial charge is 0.244 e. The number of nitrogens with zero attached hydrogens (tertiary/aromatic N) is 2. The molecule has 0 unspecified atom stereocenters. The van der Waals surface area contributed by atoms with Gasteiger partial charge in [-0.2, -0.15) is 4.31 Å². The second-order valence-electron chi connectivity index (χ2n) is 5.18. The van der Waals surface area contributed by atoms with Crippen molar-refractivity contribution < 1.29 is 12.8 Å². The topological polar surface area (TPSA) is 66.6 Å². The third kappa shape index (κ3) is 3.74. The minimum Gasteiger partial charge on any atom is -0.398 e. The molecule has 8 heteroatoms. The number of nitrogen functional groups attached to an aromatic ring is 1. The zero-order valence-electron chi connectivity index (χ0n) is 11.8. The highest BCUT2D eigenvalue weighted by atomic mass is 79.9. The molecule has 21 heavy (non-hydrogen) atoms. The molecule has 1 aliphatic heterocycles. The molecule has 0 bridgehead atoms. The predicted molar refractivity (Wildman–Crippen MR) is 84.0 cm³/mol. The van der Waals surface area contributed by atoms with Gasteiger partial charge in [0.25, 0.3) is 0 Å². The third-order valence-electron chi connectivity index (χ3n) is 3.67. The van der Waals surface area contributed by atoms with E-state index in [0.29, 0.717) is 13.1 Å². The van der Waals surface area contributed by atoms with Crippen molar-refractivity contribution in [2.45, 2.75) is 17.7 Å². The number of rotatable bonds is 5. The average molecular weight is 380 g/mol. The molecule has 118 valence electrons. The first kappa shape index (κ1) is 16.7. The fourth-order valence-corrected chi connectivity index (χ4v) is 4.12. The summed E-state index contributed by atoms with van der Waals surface area (Å²) in [5.41, 5.74) is 5.58. The van der Waals surface area contributed by atoms with Gasteiger partial charge < -0.3 is 10.6 Å². The Balaban J connectivity index is 2.14. The summed E-state index contributed by atoms with van der Waals surface area (Å²) < 4.78 is 39.7. The Morgan fingerprint density at radius 1 is 1.38 bits per heavy atom. The molecule has 5 nitrogen and oxygen atoms in total. The molecule has 2 N–H and O–H groups in total. The van der Waals surface area contributed by atoms with Crippen LogP contribution in [0.5, 0.6) is 0 Å². The van der Waals surface area contributed by atoms with Crippen molar-refractivity contribution in [3.63, 3.8) is 0 Å². The van der Waals surface area contributed by atoms with Gasteiger partial charge in [0, 0.05) is 20.1 Å². The van der Waals surface area contributed by atoms with Crippen LogP contribution in [-0.4, -0.2) is 50.8 Å². The molecular formula is C13H19BrFN3O2S. The predicted octanol–water partition coefficient (Wildman–Crippen LogP) is 1.89. The minimum absolute atomic E-state index is 0.0697. The van der Waals surface area contributed by atoms with E-state index in [0.717, 1.165) is 32.0 Å². The summed E-state index contributed by atoms with van der Waals surface area (Å²) >= 11 is 2.99. The lowest BCUT2D eigenvalue weighted by Crippen LogP contribution is -2.35. The maximum atomic E-state index is 13.4. The van der Waals surface area contributed by atoms with Crippen molar-refractivity contribution >= 4 is 31.6 Å². The van der Waals surface area contributed by atoms with Gasteiger partial charge in [-0.3, -0.25) is 0 Å². The zero-order chi connectivity index (χ0) is 15.6. The summed E-state index contributed by atoms with van der Waals surface area (Å²) in [5, 5.41) is 0. The van der Waals surface area contributed by atoms with Gasteiger partial charge in [0.15, 0.2) is 0 Å². The van der Waals surface area contributed by atoms with Crippen LogP contribution < -0.4 is 5.73 Å². The molecule has 1 aromatic rings. The second-order valence-corrected chi connectivity index (χ2v) is 8.05. The van der Waals surface area contributed by atoms with Crippen molar-refractivity contribution in [1.82, 2.24) is 9.21 Å². The maximum Gasteiger partial charge on any atom is 0.244 e. The van der Waals surface area contributed by atoms with Crippen LogP contribution in [0, 0.1) is 5.82 Å². The van der Waals surface area contributed by atoms with Crippen molar-refractivity contribution in [2.75, 3.05) is 39.0 Å². The molecular weight excluding hydrogens is 361 g/mol. The van der Waals surface area contributed by atoms with Crippen LogP contribution in [-0.2, 0) is 10.0 Å². The van der Waals surface area contributed by atoms with Crippen LogP contribution in [0.2, 0.25) is 0 Å². The summed E-state index contributed by atoms with van der Waals surface area (Å²) in [4.78, 5) is 2.16. The fraction of sp³-hybridized carbons (Fsp3) is 0.538. The van der Waals surface area contributed by atoms with Crippen molar-refractivity contribution in [2.24, 2.45) is 0 Å². The van der Waals surface area contributed by atoms with E-state index in [-0.39, 0.29) is 15.1 Å². The summed E-state index contributed by atoms with van der Waals surface area (Å²) in [6, 6.07) is 2.23. The van der Waals surface area contributed by atoms with Gasteiger partial charge >= 0.3 is 0 Å². The highest BCUT2D eigenvalue weighted by Crippen LogP contribution is 2.28. The quantitative estimate of drug-likeness (QED) is 0.793. The van der Waals surface area contributed by atoms with Gasteiger partial charge in [0.05, 0.1) is 10.2 Å². The molecule has 0 radical (unpaired) electrons. The molecule has 1 aromatic carbocycles. The van der Waals surface area contributed by atoms with Crippen molar-refractivity contribution in [3.8, 4) is 0 Å². The SMILES string of the molecule is CN(CCN1CCCC1)S(=O)(=O)c1cc(Br)c(F)cc1N. The molecule has 1 saturated heterocycles. The average Bonchev–Trinajstić information content (AvgIpc) is 2.93. The maximum absolute atomic E-state index is 13.4. The first-order valence-corrected chi connectivity index (χ1v) is 8.99. The van der Waals surface area contributed by atoms with Gasteiger partial charge in [-0.25, -0.2) is 12.8 Å². The number of anilines is 1. The van der Waals surface area contributed by atoms with Crippen LogP contribution in [0.4, 0.5) is 10.1 Å². The molecule has 0 amide bonds. The molecule has 2 rings (SSSR count). The Bertz CT molecular complexity index is 618. The number of hydrogen-bond acceptors (Lipinski definition) is 4. The van der Waals surface area contributed by atoms with Gasteiger partial charge in [0.1, 0.15) is 10.7 Å². The van der Waals surface area contributed by atoms with E-state index < -0.39 is 15.8 Å². The Morgan fingerprint density at radius 3 is 2.62 bits per heavy atom. The van der Waals surface area contributed by atoms with E-state index in [1.54, 1.807) is 0 Å². The summed E-state index contributed by atoms with van der Waals surface area (Å²) in [6.45, 7) is 3.10. The lowest BCUT2D eigenvalue weighted by Gasteiger charge is -2.22. The first-order chi connectivity index (χ1) is 9.82.